The van der Waals surface area contributed by atoms with Crippen LogP contribution in [-0.2, 0) is 0 Å². The molecule has 1 fully saturated rings. The highest BCUT2D eigenvalue weighted by Crippen LogP contribution is 2.38. The molecule has 3 heteroatoms. The van der Waals surface area contributed by atoms with Crippen LogP contribution in [-0.4, -0.2) is 16.5 Å². The Morgan fingerprint density at radius 1 is 1.31 bits per heavy atom. The molecule has 2 atom stereocenters. The summed E-state index contributed by atoms with van der Waals surface area (Å²) in [4.78, 5) is 8.09. The molecule has 0 amide bonds. The van der Waals surface area contributed by atoms with E-state index in [1.807, 2.05) is 12.4 Å². The zero-order chi connectivity index (χ0) is 9.10. The standard InChI is InChI=1S/C10H15N3/c11-4-8-2-1-3-10(8)9-5-12-7-13-6-9/h5-8,10H,1-4,11H2. The Bertz CT molecular complexity index is 260. The highest BCUT2D eigenvalue weighted by molar-refractivity contribution is 5.13. The minimum absolute atomic E-state index is 0.603. The Labute approximate surface area is 78.4 Å². The number of hydrogen-bond donors (Lipinski definition) is 1. The van der Waals surface area contributed by atoms with E-state index in [9.17, 15) is 0 Å². The normalized spacial score (nSPS) is 27.8. The summed E-state index contributed by atoms with van der Waals surface area (Å²) >= 11 is 0. The van der Waals surface area contributed by atoms with Gasteiger partial charge < -0.3 is 5.73 Å². The van der Waals surface area contributed by atoms with Crippen molar-refractivity contribution in [3.63, 3.8) is 0 Å². The van der Waals surface area contributed by atoms with Crippen LogP contribution in [0.15, 0.2) is 18.7 Å². The molecule has 2 unspecified atom stereocenters. The second kappa shape index (κ2) is 3.83. The first-order valence-electron chi connectivity index (χ1n) is 4.87. The van der Waals surface area contributed by atoms with E-state index in [-0.39, 0.29) is 0 Å². The molecule has 1 aromatic heterocycles. The van der Waals surface area contributed by atoms with Gasteiger partial charge >= 0.3 is 0 Å². The van der Waals surface area contributed by atoms with Gasteiger partial charge in [-0.3, -0.25) is 0 Å². The third kappa shape index (κ3) is 1.70. The van der Waals surface area contributed by atoms with Gasteiger partial charge in [-0.15, -0.1) is 0 Å². The molecule has 13 heavy (non-hydrogen) atoms. The average molecular weight is 177 g/mol. The van der Waals surface area contributed by atoms with Crippen LogP contribution in [0.25, 0.3) is 0 Å². The maximum atomic E-state index is 5.72. The quantitative estimate of drug-likeness (QED) is 0.741. The van der Waals surface area contributed by atoms with Crippen molar-refractivity contribution in [1.29, 1.82) is 0 Å². The molecular weight excluding hydrogens is 162 g/mol. The molecular formula is C10H15N3. The van der Waals surface area contributed by atoms with Crippen LogP contribution >= 0.6 is 0 Å². The van der Waals surface area contributed by atoms with E-state index in [4.69, 9.17) is 5.73 Å². The molecule has 2 rings (SSSR count). The predicted molar refractivity (Wildman–Crippen MR) is 51.2 cm³/mol. The van der Waals surface area contributed by atoms with E-state index in [0.717, 1.165) is 6.54 Å². The fourth-order valence-electron chi connectivity index (χ4n) is 2.26. The van der Waals surface area contributed by atoms with E-state index in [1.54, 1.807) is 6.33 Å². The molecule has 1 aliphatic carbocycles. The van der Waals surface area contributed by atoms with Crippen LogP contribution in [0.2, 0.25) is 0 Å². The lowest BCUT2D eigenvalue weighted by Crippen LogP contribution is -2.17. The maximum absolute atomic E-state index is 5.72. The molecule has 1 aliphatic rings. The molecule has 1 saturated carbocycles. The Morgan fingerprint density at radius 2 is 2.08 bits per heavy atom. The predicted octanol–water partition coefficient (Wildman–Crippen LogP) is 1.32. The molecule has 0 aromatic carbocycles. The highest BCUT2D eigenvalue weighted by Gasteiger charge is 2.27. The first kappa shape index (κ1) is 8.63. The van der Waals surface area contributed by atoms with Gasteiger partial charge in [0.05, 0.1) is 0 Å². The summed E-state index contributed by atoms with van der Waals surface area (Å²) in [6.45, 7) is 0.791. The van der Waals surface area contributed by atoms with E-state index in [0.29, 0.717) is 11.8 Å². The van der Waals surface area contributed by atoms with Gasteiger partial charge in [0.25, 0.3) is 0 Å². The van der Waals surface area contributed by atoms with Gasteiger partial charge in [-0.05, 0) is 36.8 Å². The van der Waals surface area contributed by atoms with Crippen molar-refractivity contribution in [2.24, 2.45) is 11.7 Å². The summed E-state index contributed by atoms with van der Waals surface area (Å²) in [6.07, 6.45) is 9.22. The van der Waals surface area contributed by atoms with Crippen molar-refractivity contribution in [3.8, 4) is 0 Å². The second-order valence-corrected chi connectivity index (χ2v) is 3.70. The number of aromatic nitrogens is 2. The third-order valence-electron chi connectivity index (χ3n) is 2.97. The molecule has 2 N–H and O–H groups in total. The number of hydrogen-bond acceptors (Lipinski definition) is 3. The van der Waals surface area contributed by atoms with Crippen LogP contribution in [0, 0.1) is 5.92 Å². The SMILES string of the molecule is NCC1CCCC1c1cncnc1. The van der Waals surface area contributed by atoms with E-state index >= 15 is 0 Å². The zero-order valence-electron chi connectivity index (χ0n) is 7.69. The lowest BCUT2D eigenvalue weighted by atomic mass is 9.91. The van der Waals surface area contributed by atoms with Gasteiger partial charge in [0.2, 0.25) is 0 Å². The Balaban J connectivity index is 2.16. The van der Waals surface area contributed by atoms with Gasteiger partial charge in [0, 0.05) is 12.4 Å². The van der Waals surface area contributed by atoms with E-state index in [2.05, 4.69) is 9.97 Å². The van der Waals surface area contributed by atoms with Crippen LogP contribution in [0.3, 0.4) is 0 Å². The number of rotatable bonds is 2. The summed E-state index contributed by atoms with van der Waals surface area (Å²) in [5.74, 6) is 1.25. The largest absolute Gasteiger partial charge is 0.330 e. The van der Waals surface area contributed by atoms with Crippen molar-refractivity contribution in [2.75, 3.05) is 6.54 Å². The van der Waals surface area contributed by atoms with Crippen LogP contribution in [0.4, 0.5) is 0 Å². The summed E-state index contributed by atoms with van der Waals surface area (Å²) in [6, 6.07) is 0. The second-order valence-electron chi connectivity index (χ2n) is 3.70. The molecule has 0 spiro atoms. The molecule has 0 radical (unpaired) electrons. The lowest BCUT2D eigenvalue weighted by Gasteiger charge is -2.16. The monoisotopic (exact) mass is 177 g/mol. The first-order chi connectivity index (χ1) is 6.42. The van der Waals surface area contributed by atoms with Gasteiger partial charge in [-0.2, -0.15) is 0 Å². The Hall–Kier alpha value is -0.960. The van der Waals surface area contributed by atoms with Crippen molar-refractivity contribution in [1.82, 2.24) is 9.97 Å². The molecule has 1 heterocycles. The van der Waals surface area contributed by atoms with Crippen molar-refractivity contribution in [3.05, 3.63) is 24.3 Å². The van der Waals surface area contributed by atoms with Gasteiger partial charge in [-0.1, -0.05) is 6.42 Å². The molecule has 0 bridgehead atoms. The molecule has 0 aliphatic heterocycles. The van der Waals surface area contributed by atoms with Crippen LogP contribution in [0.1, 0.15) is 30.7 Å². The third-order valence-corrected chi connectivity index (χ3v) is 2.97. The molecule has 3 nitrogen and oxygen atoms in total. The molecule has 0 saturated heterocycles. The fourth-order valence-corrected chi connectivity index (χ4v) is 2.26. The van der Waals surface area contributed by atoms with Gasteiger partial charge in [0.1, 0.15) is 6.33 Å². The van der Waals surface area contributed by atoms with Crippen molar-refractivity contribution in [2.45, 2.75) is 25.2 Å². The minimum atomic E-state index is 0.603. The molecule has 70 valence electrons. The average Bonchev–Trinajstić information content (AvgIpc) is 2.67. The maximum Gasteiger partial charge on any atom is 0.115 e. The van der Waals surface area contributed by atoms with Gasteiger partial charge in [0.15, 0.2) is 0 Å². The lowest BCUT2D eigenvalue weighted by molar-refractivity contribution is 0.494. The number of nitrogens with two attached hydrogens (primary N) is 1. The summed E-state index contributed by atoms with van der Waals surface area (Å²) in [5.41, 5.74) is 6.98. The summed E-state index contributed by atoms with van der Waals surface area (Å²) < 4.78 is 0. The minimum Gasteiger partial charge on any atom is -0.330 e. The van der Waals surface area contributed by atoms with E-state index in [1.165, 1.54) is 24.8 Å². The van der Waals surface area contributed by atoms with Gasteiger partial charge in [-0.25, -0.2) is 9.97 Å². The zero-order valence-corrected chi connectivity index (χ0v) is 7.69. The highest BCUT2D eigenvalue weighted by atomic mass is 14.8. The van der Waals surface area contributed by atoms with Crippen molar-refractivity contribution >= 4 is 0 Å². The summed E-state index contributed by atoms with van der Waals surface area (Å²) in [7, 11) is 0. The number of nitrogens with zero attached hydrogens (tertiary/aromatic N) is 2. The fraction of sp³-hybridized carbons (Fsp3) is 0.600. The Kier molecular flexibility index (Phi) is 2.54. The van der Waals surface area contributed by atoms with E-state index < -0.39 is 0 Å². The van der Waals surface area contributed by atoms with Crippen LogP contribution < -0.4 is 5.73 Å². The topological polar surface area (TPSA) is 51.8 Å². The molecule has 1 aromatic rings. The smallest absolute Gasteiger partial charge is 0.115 e. The summed E-state index contributed by atoms with van der Waals surface area (Å²) in [5, 5.41) is 0. The first-order valence-corrected chi connectivity index (χ1v) is 4.87. The Morgan fingerprint density at radius 3 is 2.77 bits per heavy atom. The van der Waals surface area contributed by atoms with Crippen molar-refractivity contribution < 1.29 is 0 Å². The van der Waals surface area contributed by atoms with Crippen LogP contribution in [0.5, 0.6) is 0 Å².